The molecule has 3 nitrogen and oxygen atoms in total. The Hall–Kier alpha value is -1.09. The fourth-order valence-electron chi connectivity index (χ4n) is 2.75. The van der Waals surface area contributed by atoms with Gasteiger partial charge in [0.05, 0.1) is 7.11 Å². The summed E-state index contributed by atoms with van der Waals surface area (Å²) in [6, 6.07) is 3.36. The summed E-state index contributed by atoms with van der Waals surface area (Å²) in [6.45, 7) is 7.79. The first-order chi connectivity index (χ1) is 8.13. The average Bonchev–Trinajstić information content (AvgIpc) is 2.77. The van der Waals surface area contributed by atoms with Crippen LogP contribution in [0.1, 0.15) is 43.9 Å². The normalized spacial score (nSPS) is 21.1. The Morgan fingerprint density at radius 3 is 2.82 bits per heavy atom. The maximum Gasteiger partial charge on any atom is 0.215 e. The summed E-state index contributed by atoms with van der Waals surface area (Å²) in [6.07, 6.45) is 4.50. The van der Waals surface area contributed by atoms with Crippen molar-refractivity contribution >= 4 is 0 Å². The van der Waals surface area contributed by atoms with Crippen LogP contribution in [0.25, 0.3) is 0 Å². The van der Waals surface area contributed by atoms with Gasteiger partial charge in [0.2, 0.25) is 5.88 Å². The van der Waals surface area contributed by atoms with Crippen LogP contribution in [-0.2, 0) is 0 Å². The van der Waals surface area contributed by atoms with Crippen molar-refractivity contribution in [3.05, 3.63) is 23.4 Å². The van der Waals surface area contributed by atoms with E-state index in [1.165, 1.54) is 24.9 Å². The molecule has 2 heterocycles. The molecule has 0 amide bonds. The maximum absolute atomic E-state index is 5.21. The van der Waals surface area contributed by atoms with Gasteiger partial charge in [-0.1, -0.05) is 0 Å². The van der Waals surface area contributed by atoms with Crippen molar-refractivity contribution in [1.29, 1.82) is 0 Å². The van der Waals surface area contributed by atoms with Gasteiger partial charge in [-0.15, -0.1) is 0 Å². The van der Waals surface area contributed by atoms with E-state index in [1.54, 1.807) is 7.11 Å². The molecule has 2 rings (SSSR count). The average molecular weight is 234 g/mol. The Bertz CT molecular complexity index is 390. The smallest absolute Gasteiger partial charge is 0.215 e. The molecule has 0 bridgehead atoms. The molecule has 94 valence electrons. The molecule has 1 aliphatic rings. The SMILES string of the molecule is COc1ncc([C@H]2CCCN2C(C)C)cc1C. The first-order valence-corrected chi connectivity index (χ1v) is 6.39. The number of hydrogen-bond donors (Lipinski definition) is 0. The van der Waals surface area contributed by atoms with E-state index in [0.29, 0.717) is 12.1 Å². The molecular formula is C14H22N2O. The number of likely N-dealkylation sites (tertiary alicyclic amines) is 1. The van der Waals surface area contributed by atoms with Crippen LogP contribution in [0.3, 0.4) is 0 Å². The molecule has 0 radical (unpaired) electrons. The molecule has 0 aromatic carbocycles. The summed E-state index contributed by atoms with van der Waals surface area (Å²) in [5, 5.41) is 0. The van der Waals surface area contributed by atoms with Crippen molar-refractivity contribution in [3.63, 3.8) is 0 Å². The topological polar surface area (TPSA) is 25.4 Å². The van der Waals surface area contributed by atoms with E-state index in [-0.39, 0.29) is 0 Å². The van der Waals surface area contributed by atoms with Crippen LogP contribution >= 0.6 is 0 Å². The van der Waals surface area contributed by atoms with Crippen LogP contribution in [-0.4, -0.2) is 29.6 Å². The first kappa shape index (κ1) is 12.4. The van der Waals surface area contributed by atoms with Crippen molar-refractivity contribution in [1.82, 2.24) is 9.88 Å². The molecule has 1 atom stereocenters. The van der Waals surface area contributed by atoms with E-state index in [1.807, 2.05) is 6.20 Å². The minimum absolute atomic E-state index is 0.534. The highest BCUT2D eigenvalue weighted by Gasteiger charge is 2.28. The monoisotopic (exact) mass is 234 g/mol. The number of methoxy groups -OCH3 is 1. The Kier molecular flexibility index (Phi) is 3.67. The van der Waals surface area contributed by atoms with Gasteiger partial charge >= 0.3 is 0 Å². The number of rotatable bonds is 3. The third-order valence-electron chi connectivity index (χ3n) is 3.59. The Labute approximate surface area is 104 Å². The van der Waals surface area contributed by atoms with Gasteiger partial charge in [-0.2, -0.15) is 0 Å². The predicted molar refractivity (Wildman–Crippen MR) is 69.3 cm³/mol. The van der Waals surface area contributed by atoms with Crippen molar-refractivity contribution in [2.45, 2.75) is 45.7 Å². The van der Waals surface area contributed by atoms with E-state index in [0.717, 1.165) is 11.4 Å². The van der Waals surface area contributed by atoms with E-state index in [4.69, 9.17) is 4.74 Å². The fourth-order valence-corrected chi connectivity index (χ4v) is 2.75. The second-order valence-electron chi connectivity index (χ2n) is 5.08. The lowest BCUT2D eigenvalue weighted by molar-refractivity contribution is 0.205. The van der Waals surface area contributed by atoms with Crippen LogP contribution in [0.4, 0.5) is 0 Å². The lowest BCUT2D eigenvalue weighted by Crippen LogP contribution is -2.30. The number of ether oxygens (including phenoxy) is 1. The molecule has 1 aromatic rings. The van der Waals surface area contributed by atoms with E-state index < -0.39 is 0 Å². The zero-order chi connectivity index (χ0) is 12.4. The van der Waals surface area contributed by atoms with E-state index in [9.17, 15) is 0 Å². The van der Waals surface area contributed by atoms with Crippen molar-refractivity contribution in [3.8, 4) is 5.88 Å². The third-order valence-corrected chi connectivity index (χ3v) is 3.59. The van der Waals surface area contributed by atoms with Crippen molar-refractivity contribution < 1.29 is 4.74 Å². The molecule has 0 aliphatic carbocycles. The van der Waals surface area contributed by atoms with Crippen molar-refractivity contribution in [2.75, 3.05) is 13.7 Å². The standard InChI is InChI=1S/C14H22N2O/c1-10(2)16-7-5-6-13(16)12-8-11(3)14(17-4)15-9-12/h8-10,13H,5-7H2,1-4H3/t13-/m1/s1. The van der Waals surface area contributed by atoms with Gasteiger partial charge in [0.25, 0.3) is 0 Å². The van der Waals surface area contributed by atoms with Gasteiger partial charge in [0, 0.05) is 23.8 Å². The molecule has 1 saturated heterocycles. The van der Waals surface area contributed by atoms with Gasteiger partial charge in [0.1, 0.15) is 0 Å². The Morgan fingerprint density at radius 2 is 2.24 bits per heavy atom. The molecule has 1 aliphatic heterocycles. The summed E-state index contributed by atoms with van der Waals surface area (Å²) in [5.74, 6) is 0.739. The Morgan fingerprint density at radius 1 is 1.47 bits per heavy atom. The van der Waals surface area contributed by atoms with Crippen LogP contribution in [0, 0.1) is 6.92 Å². The summed E-state index contributed by atoms with van der Waals surface area (Å²) in [4.78, 5) is 6.94. The highest BCUT2D eigenvalue weighted by atomic mass is 16.5. The van der Waals surface area contributed by atoms with Gasteiger partial charge in [0.15, 0.2) is 0 Å². The molecule has 17 heavy (non-hydrogen) atoms. The lowest BCUT2D eigenvalue weighted by Gasteiger charge is -2.28. The van der Waals surface area contributed by atoms with Gasteiger partial charge < -0.3 is 4.74 Å². The van der Waals surface area contributed by atoms with Crippen molar-refractivity contribution in [2.24, 2.45) is 0 Å². The molecule has 0 spiro atoms. The lowest BCUT2D eigenvalue weighted by atomic mass is 10.0. The first-order valence-electron chi connectivity index (χ1n) is 6.39. The number of nitrogens with zero attached hydrogens (tertiary/aromatic N) is 2. The molecule has 3 heteroatoms. The summed E-state index contributed by atoms with van der Waals surface area (Å²) < 4.78 is 5.21. The molecule has 0 saturated carbocycles. The minimum atomic E-state index is 0.534. The highest BCUT2D eigenvalue weighted by molar-refractivity contribution is 5.30. The summed E-state index contributed by atoms with van der Waals surface area (Å²) >= 11 is 0. The zero-order valence-corrected chi connectivity index (χ0v) is 11.2. The minimum Gasteiger partial charge on any atom is -0.481 e. The largest absolute Gasteiger partial charge is 0.481 e. The molecule has 0 N–H and O–H groups in total. The third kappa shape index (κ3) is 2.44. The quantitative estimate of drug-likeness (QED) is 0.804. The van der Waals surface area contributed by atoms with Gasteiger partial charge in [-0.25, -0.2) is 4.98 Å². The summed E-state index contributed by atoms with van der Waals surface area (Å²) in [7, 11) is 1.67. The van der Waals surface area contributed by atoms with Gasteiger partial charge in [-0.3, -0.25) is 4.90 Å². The van der Waals surface area contributed by atoms with Crippen LogP contribution < -0.4 is 4.74 Å². The van der Waals surface area contributed by atoms with E-state index in [2.05, 4.69) is 36.7 Å². The second kappa shape index (κ2) is 5.05. The Balaban J connectivity index is 2.24. The van der Waals surface area contributed by atoms with Crippen LogP contribution in [0.5, 0.6) is 5.88 Å². The van der Waals surface area contributed by atoms with E-state index >= 15 is 0 Å². The van der Waals surface area contributed by atoms with Gasteiger partial charge in [-0.05, 0) is 51.8 Å². The van der Waals surface area contributed by atoms with Crippen LogP contribution in [0.2, 0.25) is 0 Å². The predicted octanol–water partition coefficient (Wildman–Crippen LogP) is 2.94. The number of aryl methyl sites for hydroxylation is 1. The molecular weight excluding hydrogens is 212 g/mol. The number of aromatic nitrogens is 1. The maximum atomic E-state index is 5.21. The number of hydrogen-bond acceptors (Lipinski definition) is 3. The zero-order valence-electron chi connectivity index (χ0n) is 11.2. The molecule has 0 unspecified atom stereocenters. The summed E-state index contributed by atoms with van der Waals surface area (Å²) in [5.41, 5.74) is 2.45. The fraction of sp³-hybridized carbons (Fsp3) is 0.643. The number of pyridine rings is 1. The van der Waals surface area contributed by atoms with Crippen LogP contribution in [0.15, 0.2) is 12.3 Å². The molecule has 1 fully saturated rings. The second-order valence-corrected chi connectivity index (χ2v) is 5.08. The molecule has 1 aromatic heterocycles. The highest BCUT2D eigenvalue weighted by Crippen LogP contribution is 2.34.